The molecule has 4 nitrogen and oxygen atoms in total. The van der Waals surface area contributed by atoms with Gasteiger partial charge in [-0.2, -0.15) is 0 Å². The van der Waals surface area contributed by atoms with Crippen LogP contribution in [0.4, 0.5) is 0 Å². The summed E-state index contributed by atoms with van der Waals surface area (Å²) in [6.45, 7) is 0.854. The Kier molecular flexibility index (Phi) is 2.68. The van der Waals surface area contributed by atoms with Crippen LogP contribution >= 0.6 is 0 Å². The minimum atomic E-state index is -0.511. The van der Waals surface area contributed by atoms with Crippen LogP contribution in [0.25, 0.3) is 0 Å². The predicted octanol–water partition coefficient (Wildman–Crippen LogP) is 0.814. The average molecular weight is 207 g/mol. The highest BCUT2D eigenvalue weighted by Crippen LogP contribution is 2.32. The third kappa shape index (κ3) is 1.85. The molecule has 2 heterocycles. The van der Waals surface area contributed by atoms with Gasteiger partial charge in [0.2, 0.25) is 0 Å². The summed E-state index contributed by atoms with van der Waals surface area (Å²) in [6, 6.07) is 5.67. The van der Waals surface area contributed by atoms with Crippen molar-refractivity contribution in [2.24, 2.45) is 5.41 Å². The highest BCUT2D eigenvalue weighted by atomic mass is 16.5. The van der Waals surface area contributed by atoms with E-state index in [1.807, 2.05) is 18.2 Å². The van der Waals surface area contributed by atoms with Crippen molar-refractivity contribution < 1.29 is 14.3 Å². The Labute approximate surface area is 88.2 Å². The summed E-state index contributed by atoms with van der Waals surface area (Å²) in [6.07, 6.45) is 2.31. The molecule has 0 N–H and O–H groups in total. The second kappa shape index (κ2) is 3.98. The van der Waals surface area contributed by atoms with Gasteiger partial charge in [0.15, 0.2) is 0 Å². The summed E-state index contributed by atoms with van der Waals surface area (Å²) >= 11 is 0. The van der Waals surface area contributed by atoms with Crippen molar-refractivity contribution in [3.05, 3.63) is 30.1 Å². The van der Waals surface area contributed by atoms with E-state index in [2.05, 4.69) is 4.98 Å². The number of methoxy groups -OCH3 is 1. The van der Waals surface area contributed by atoms with Crippen molar-refractivity contribution in [2.45, 2.75) is 6.42 Å². The van der Waals surface area contributed by atoms with Crippen molar-refractivity contribution in [3.63, 3.8) is 0 Å². The number of hydrogen-bond donors (Lipinski definition) is 0. The maximum absolute atomic E-state index is 11.6. The van der Waals surface area contributed by atoms with E-state index < -0.39 is 5.41 Å². The van der Waals surface area contributed by atoms with E-state index >= 15 is 0 Å². The molecule has 0 atom stereocenters. The molecule has 0 spiro atoms. The van der Waals surface area contributed by atoms with E-state index in [9.17, 15) is 4.79 Å². The minimum absolute atomic E-state index is 0.209. The highest BCUT2D eigenvalue weighted by Gasteiger charge is 2.47. The SMILES string of the molecule is COC(=O)C1(Cc2ccccn2)COC1. The monoisotopic (exact) mass is 207 g/mol. The fourth-order valence-electron chi connectivity index (χ4n) is 1.71. The fourth-order valence-corrected chi connectivity index (χ4v) is 1.71. The molecule has 1 fully saturated rings. The Hall–Kier alpha value is -1.42. The molecule has 0 amide bonds. The molecule has 0 bridgehead atoms. The van der Waals surface area contributed by atoms with Crippen molar-refractivity contribution in [3.8, 4) is 0 Å². The molecule has 2 rings (SSSR count). The Morgan fingerprint density at radius 2 is 2.40 bits per heavy atom. The predicted molar refractivity (Wildman–Crippen MR) is 53.2 cm³/mol. The second-order valence-corrected chi connectivity index (χ2v) is 3.76. The number of carbonyl (C=O) groups excluding carboxylic acids is 1. The lowest BCUT2D eigenvalue weighted by Crippen LogP contribution is -2.51. The summed E-state index contributed by atoms with van der Waals surface area (Å²) in [7, 11) is 1.40. The van der Waals surface area contributed by atoms with Gasteiger partial charge in [-0.15, -0.1) is 0 Å². The molecule has 1 aromatic heterocycles. The fraction of sp³-hybridized carbons (Fsp3) is 0.455. The van der Waals surface area contributed by atoms with Gasteiger partial charge in [-0.05, 0) is 12.1 Å². The molecule has 0 aromatic carbocycles. The van der Waals surface area contributed by atoms with Crippen LogP contribution in [-0.2, 0) is 20.7 Å². The third-order valence-electron chi connectivity index (χ3n) is 2.62. The Morgan fingerprint density at radius 1 is 1.60 bits per heavy atom. The van der Waals surface area contributed by atoms with Gasteiger partial charge in [-0.3, -0.25) is 9.78 Å². The van der Waals surface area contributed by atoms with E-state index in [0.717, 1.165) is 5.69 Å². The number of hydrogen-bond acceptors (Lipinski definition) is 4. The largest absolute Gasteiger partial charge is 0.468 e. The molecule has 4 heteroatoms. The van der Waals surface area contributed by atoms with Gasteiger partial charge in [-0.1, -0.05) is 6.07 Å². The summed E-state index contributed by atoms with van der Waals surface area (Å²) in [4.78, 5) is 15.8. The first-order valence-corrected chi connectivity index (χ1v) is 4.83. The number of nitrogens with zero attached hydrogens (tertiary/aromatic N) is 1. The zero-order chi connectivity index (χ0) is 10.7. The second-order valence-electron chi connectivity index (χ2n) is 3.76. The van der Waals surface area contributed by atoms with Gasteiger partial charge in [0.25, 0.3) is 0 Å². The summed E-state index contributed by atoms with van der Waals surface area (Å²) in [5.74, 6) is -0.209. The quantitative estimate of drug-likeness (QED) is 0.688. The van der Waals surface area contributed by atoms with Crippen LogP contribution in [0, 0.1) is 5.41 Å². The van der Waals surface area contributed by atoms with Crippen molar-refractivity contribution in [1.82, 2.24) is 4.98 Å². The molecule has 0 unspecified atom stereocenters. The molecule has 0 radical (unpaired) electrons. The number of esters is 1. The molecule has 1 aliphatic rings. The van der Waals surface area contributed by atoms with Crippen LogP contribution in [0.5, 0.6) is 0 Å². The first-order valence-electron chi connectivity index (χ1n) is 4.83. The van der Waals surface area contributed by atoms with Gasteiger partial charge < -0.3 is 9.47 Å². The maximum Gasteiger partial charge on any atom is 0.316 e. The van der Waals surface area contributed by atoms with Crippen molar-refractivity contribution in [1.29, 1.82) is 0 Å². The molecule has 1 aliphatic heterocycles. The van der Waals surface area contributed by atoms with Crippen LogP contribution in [0.1, 0.15) is 5.69 Å². The minimum Gasteiger partial charge on any atom is -0.468 e. The first kappa shape index (κ1) is 10.1. The lowest BCUT2D eigenvalue weighted by Gasteiger charge is -2.38. The van der Waals surface area contributed by atoms with Crippen molar-refractivity contribution in [2.75, 3.05) is 20.3 Å². The third-order valence-corrected chi connectivity index (χ3v) is 2.62. The lowest BCUT2D eigenvalue weighted by atomic mass is 9.81. The number of rotatable bonds is 3. The number of carbonyl (C=O) groups is 1. The van der Waals surface area contributed by atoms with Crippen molar-refractivity contribution >= 4 is 5.97 Å². The van der Waals surface area contributed by atoms with Gasteiger partial charge in [0.05, 0.1) is 20.3 Å². The van der Waals surface area contributed by atoms with Crippen LogP contribution < -0.4 is 0 Å². The highest BCUT2D eigenvalue weighted by molar-refractivity contribution is 5.78. The molecule has 1 aromatic rings. The Bertz CT molecular complexity index is 346. The summed E-state index contributed by atoms with van der Waals surface area (Å²) < 4.78 is 9.89. The standard InChI is InChI=1S/C11H13NO3/c1-14-10(13)11(7-15-8-11)6-9-4-2-3-5-12-9/h2-5H,6-8H2,1H3. The van der Waals surface area contributed by atoms with Crippen LogP contribution in [-0.4, -0.2) is 31.3 Å². The zero-order valence-electron chi connectivity index (χ0n) is 8.60. The number of pyridine rings is 1. The summed E-state index contributed by atoms with van der Waals surface area (Å²) in [5.41, 5.74) is 0.384. The van der Waals surface area contributed by atoms with Crippen LogP contribution in [0.2, 0.25) is 0 Å². The van der Waals surface area contributed by atoms with Gasteiger partial charge in [0.1, 0.15) is 5.41 Å². The molecule has 0 aliphatic carbocycles. The first-order chi connectivity index (χ1) is 7.27. The van der Waals surface area contributed by atoms with Crippen LogP contribution in [0.15, 0.2) is 24.4 Å². The average Bonchev–Trinajstić information content (AvgIpc) is 2.24. The number of aromatic nitrogens is 1. The maximum atomic E-state index is 11.6. The van der Waals surface area contributed by atoms with E-state index in [0.29, 0.717) is 19.6 Å². The molecular weight excluding hydrogens is 194 g/mol. The molecule has 80 valence electrons. The normalized spacial score (nSPS) is 17.9. The topological polar surface area (TPSA) is 48.4 Å². The Morgan fingerprint density at radius 3 is 2.87 bits per heavy atom. The van der Waals surface area contributed by atoms with Gasteiger partial charge in [-0.25, -0.2) is 0 Å². The Balaban J connectivity index is 2.12. The van der Waals surface area contributed by atoms with E-state index in [4.69, 9.17) is 9.47 Å². The molecule has 15 heavy (non-hydrogen) atoms. The smallest absolute Gasteiger partial charge is 0.316 e. The zero-order valence-corrected chi connectivity index (χ0v) is 8.60. The lowest BCUT2D eigenvalue weighted by molar-refractivity contribution is -0.183. The molecule has 1 saturated heterocycles. The van der Waals surface area contributed by atoms with E-state index in [-0.39, 0.29) is 5.97 Å². The van der Waals surface area contributed by atoms with Gasteiger partial charge >= 0.3 is 5.97 Å². The van der Waals surface area contributed by atoms with E-state index in [1.54, 1.807) is 6.20 Å². The number of ether oxygens (including phenoxy) is 2. The van der Waals surface area contributed by atoms with Crippen LogP contribution in [0.3, 0.4) is 0 Å². The van der Waals surface area contributed by atoms with E-state index in [1.165, 1.54) is 7.11 Å². The van der Waals surface area contributed by atoms with Gasteiger partial charge in [0, 0.05) is 18.3 Å². The molecular formula is C11H13NO3. The summed E-state index contributed by atoms with van der Waals surface area (Å²) in [5, 5.41) is 0. The molecule has 0 saturated carbocycles.